The lowest BCUT2D eigenvalue weighted by Gasteiger charge is -2.36. The summed E-state index contributed by atoms with van der Waals surface area (Å²) in [5, 5.41) is 6.46. The molecule has 166 valence electrons. The molecule has 1 aromatic heterocycles. The van der Waals surface area contributed by atoms with E-state index < -0.39 is 0 Å². The van der Waals surface area contributed by atoms with Crippen molar-refractivity contribution in [3.8, 4) is 5.75 Å². The van der Waals surface area contributed by atoms with Crippen LogP contribution < -0.4 is 20.3 Å². The number of amides is 2. The van der Waals surface area contributed by atoms with E-state index in [1.807, 2.05) is 4.90 Å². The molecule has 0 atom stereocenters. The summed E-state index contributed by atoms with van der Waals surface area (Å²) in [5.41, 5.74) is 1.70. The Labute approximate surface area is 190 Å². The maximum Gasteiger partial charge on any atom is 0.259 e. The number of aromatic nitrogens is 2. The Morgan fingerprint density at radius 1 is 1.03 bits per heavy atom. The van der Waals surface area contributed by atoms with Crippen LogP contribution in [0.15, 0.2) is 30.7 Å². The van der Waals surface area contributed by atoms with Gasteiger partial charge in [0, 0.05) is 44.9 Å². The van der Waals surface area contributed by atoms with Crippen molar-refractivity contribution in [2.75, 3.05) is 48.3 Å². The number of hydrogen-bond donors (Lipinski definition) is 2. The van der Waals surface area contributed by atoms with Crippen LogP contribution in [0.2, 0.25) is 5.02 Å². The van der Waals surface area contributed by atoms with Gasteiger partial charge in [0.1, 0.15) is 23.7 Å². The highest BCUT2D eigenvalue weighted by atomic mass is 35.5. The largest absolute Gasteiger partial charge is 0.494 e. The lowest BCUT2D eigenvalue weighted by molar-refractivity contribution is -0.131. The van der Waals surface area contributed by atoms with E-state index in [-0.39, 0.29) is 11.8 Å². The minimum absolute atomic E-state index is 0.161. The van der Waals surface area contributed by atoms with Gasteiger partial charge >= 0.3 is 0 Å². The molecule has 1 saturated heterocycles. The van der Waals surface area contributed by atoms with Crippen molar-refractivity contribution >= 4 is 46.3 Å². The molecule has 2 N–H and O–H groups in total. The Hall–Kier alpha value is -3.33. The van der Waals surface area contributed by atoms with Gasteiger partial charge in [0.15, 0.2) is 0 Å². The van der Waals surface area contributed by atoms with Crippen molar-refractivity contribution in [1.82, 2.24) is 14.9 Å². The van der Waals surface area contributed by atoms with Crippen molar-refractivity contribution in [3.05, 3.63) is 41.3 Å². The molecule has 0 aliphatic carbocycles. The molecule has 2 aromatic rings. The molecule has 32 heavy (non-hydrogen) atoms. The topological polar surface area (TPSA) is 99.7 Å². The molecule has 9 nitrogen and oxygen atoms in total. The first-order valence-corrected chi connectivity index (χ1v) is 11.1. The second-order valence-electron chi connectivity index (χ2n) is 7.89. The van der Waals surface area contributed by atoms with Gasteiger partial charge in [-0.2, -0.15) is 0 Å². The third-order valence-corrected chi connectivity index (χ3v) is 6.20. The van der Waals surface area contributed by atoms with E-state index in [1.54, 1.807) is 24.4 Å². The fraction of sp³-hybridized carbons (Fsp3) is 0.364. The van der Waals surface area contributed by atoms with Crippen molar-refractivity contribution < 1.29 is 14.3 Å². The molecule has 0 radical (unpaired) electrons. The summed E-state index contributed by atoms with van der Waals surface area (Å²) in [5.74, 6) is 1.72. The lowest BCUT2D eigenvalue weighted by Crippen LogP contribution is -2.49. The van der Waals surface area contributed by atoms with E-state index in [4.69, 9.17) is 16.3 Å². The van der Waals surface area contributed by atoms with Gasteiger partial charge in [-0.15, -0.1) is 0 Å². The van der Waals surface area contributed by atoms with Crippen molar-refractivity contribution in [3.63, 3.8) is 0 Å². The van der Waals surface area contributed by atoms with E-state index >= 15 is 0 Å². The number of hydrogen-bond acceptors (Lipinski definition) is 7. The number of nitrogens with zero attached hydrogens (tertiary/aromatic N) is 4. The zero-order valence-corrected chi connectivity index (χ0v) is 18.2. The number of rotatable bonds is 0. The molecule has 4 aliphatic rings. The van der Waals surface area contributed by atoms with Crippen LogP contribution in [0.1, 0.15) is 24.8 Å². The van der Waals surface area contributed by atoms with Gasteiger partial charge in [0.2, 0.25) is 5.91 Å². The second kappa shape index (κ2) is 8.66. The van der Waals surface area contributed by atoms with Crippen LogP contribution in [0.3, 0.4) is 0 Å². The minimum atomic E-state index is -0.263. The van der Waals surface area contributed by atoms with E-state index in [0.29, 0.717) is 78.4 Å². The fourth-order valence-electron chi connectivity index (χ4n) is 4.13. The van der Waals surface area contributed by atoms with Gasteiger partial charge in [0.25, 0.3) is 5.91 Å². The van der Waals surface area contributed by atoms with Crippen LogP contribution in [0.25, 0.3) is 5.57 Å². The standard InChI is InChI=1S/C22H23ClN6O3/c23-16-5-4-14-11-17(16)24-12-15-19-20(27-22(15)31)25-13-26-21(19)29-8-6-28(7-9-29)18(30)3-1-2-10-32-14/h4-5,11-13,24H,1-3,6-10H2,(H,25,26,27,31)/b15-12+. The van der Waals surface area contributed by atoms with E-state index in [0.717, 1.165) is 12.8 Å². The van der Waals surface area contributed by atoms with Crippen LogP contribution in [-0.2, 0) is 9.59 Å². The molecular weight excluding hydrogens is 432 g/mol. The van der Waals surface area contributed by atoms with Crippen molar-refractivity contribution in [2.24, 2.45) is 0 Å². The Kier molecular flexibility index (Phi) is 5.57. The first kappa shape index (κ1) is 20.6. The first-order chi connectivity index (χ1) is 15.6. The Bertz CT molecular complexity index is 1100. The number of fused-ring (bicyclic) bond motifs is 8. The third-order valence-electron chi connectivity index (χ3n) is 5.87. The summed E-state index contributed by atoms with van der Waals surface area (Å²) in [6, 6.07) is 5.33. The summed E-state index contributed by atoms with van der Waals surface area (Å²) in [6.07, 6.45) is 5.14. The molecule has 4 bridgehead atoms. The van der Waals surface area contributed by atoms with Gasteiger partial charge in [-0.1, -0.05) is 11.6 Å². The number of piperazine rings is 1. The number of halogens is 1. The fourth-order valence-corrected chi connectivity index (χ4v) is 4.31. The number of benzene rings is 1. The van der Waals surface area contributed by atoms with Gasteiger partial charge in [-0.3, -0.25) is 9.59 Å². The molecule has 4 aliphatic heterocycles. The van der Waals surface area contributed by atoms with Gasteiger partial charge < -0.3 is 25.2 Å². The van der Waals surface area contributed by atoms with Crippen LogP contribution in [0.4, 0.5) is 17.3 Å². The summed E-state index contributed by atoms with van der Waals surface area (Å²) in [4.78, 5) is 38.0. The van der Waals surface area contributed by atoms with Gasteiger partial charge in [-0.25, -0.2) is 9.97 Å². The van der Waals surface area contributed by atoms with Gasteiger partial charge in [-0.05, 0) is 25.0 Å². The summed E-state index contributed by atoms with van der Waals surface area (Å²) >= 11 is 6.35. The predicted octanol–water partition coefficient (Wildman–Crippen LogP) is 2.75. The van der Waals surface area contributed by atoms with E-state index in [1.165, 1.54) is 6.33 Å². The number of anilines is 3. The number of carbonyl (C=O) groups excluding carboxylic acids is 2. The van der Waals surface area contributed by atoms with Gasteiger partial charge in [0.05, 0.1) is 28.5 Å². The molecule has 5 heterocycles. The average molecular weight is 455 g/mol. The molecule has 1 aromatic carbocycles. The Balaban J connectivity index is 1.53. The number of nitrogens with one attached hydrogen (secondary N) is 2. The van der Waals surface area contributed by atoms with E-state index in [2.05, 4.69) is 25.5 Å². The van der Waals surface area contributed by atoms with Crippen molar-refractivity contribution in [2.45, 2.75) is 19.3 Å². The zero-order chi connectivity index (χ0) is 22.1. The van der Waals surface area contributed by atoms with Crippen LogP contribution >= 0.6 is 11.6 Å². The number of ether oxygens (including phenoxy) is 1. The lowest BCUT2D eigenvalue weighted by atomic mass is 10.1. The van der Waals surface area contributed by atoms with Crippen LogP contribution in [0, 0.1) is 0 Å². The third kappa shape index (κ3) is 3.95. The zero-order valence-electron chi connectivity index (χ0n) is 17.4. The molecule has 1 fully saturated rings. The SMILES string of the molecule is O=C1Nc2ncnc3c2/C1=C\Nc1cc(ccc1Cl)OCCCCC(=O)N1CCN3CC1. The smallest absolute Gasteiger partial charge is 0.259 e. The molecule has 2 amide bonds. The van der Waals surface area contributed by atoms with E-state index in [9.17, 15) is 9.59 Å². The molecule has 0 saturated carbocycles. The Morgan fingerprint density at radius 2 is 1.84 bits per heavy atom. The quantitative estimate of drug-likeness (QED) is 0.631. The average Bonchev–Trinajstić information content (AvgIpc) is 3.13. The minimum Gasteiger partial charge on any atom is -0.494 e. The maximum absolute atomic E-state index is 12.7. The summed E-state index contributed by atoms with van der Waals surface area (Å²) in [6.45, 7) is 3.03. The highest BCUT2D eigenvalue weighted by Crippen LogP contribution is 2.37. The monoisotopic (exact) mass is 454 g/mol. The maximum atomic E-state index is 12.7. The Morgan fingerprint density at radius 3 is 2.69 bits per heavy atom. The normalized spacial score (nSPS) is 20.3. The molecular formula is C22H23ClN6O3. The molecule has 0 spiro atoms. The molecule has 0 unspecified atom stereocenters. The summed E-state index contributed by atoms with van der Waals surface area (Å²) in [7, 11) is 0. The van der Waals surface area contributed by atoms with Crippen molar-refractivity contribution in [1.29, 1.82) is 0 Å². The highest BCUT2D eigenvalue weighted by molar-refractivity contribution is 6.34. The van der Waals surface area contributed by atoms with Crippen LogP contribution in [-0.4, -0.2) is 59.5 Å². The molecule has 10 heteroatoms. The number of carbonyl (C=O) groups is 2. The predicted molar refractivity (Wildman–Crippen MR) is 122 cm³/mol. The highest BCUT2D eigenvalue weighted by Gasteiger charge is 2.32. The second-order valence-corrected chi connectivity index (χ2v) is 8.30. The molecule has 6 rings (SSSR count). The summed E-state index contributed by atoms with van der Waals surface area (Å²) < 4.78 is 5.83. The van der Waals surface area contributed by atoms with Crippen LogP contribution in [0.5, 0.6) is 5.75 Å². The first-order valence-electron chi connectivity index (χ1n) is 10.7.